The SMILES string of the molecule is CCOC(=O)Cc1cc(CBr)cc(Cl)c1OC(F)F. The fraction of sp³-hybridized carbons (Fsp3) is 0.417. The quantitative estimate of drug-likeness (QED) is 0.571. The van der Waals surface area contributed by atoms with Crippen molar-refractivity contribution in [2.45, 2.75) is 25.3 Å². The molecular weight excluding hydrogens is 345 g/mol. The molecule has 0 atom stereocenters. The van der Waals surface area contributed by atoms with E-state index in [2.05, 4.69) is 20.7 Å². The molecule has 0 amide bonds. The predicted octanol–water partition coefficient (Wildman–Crippen LogP) is 3.94. The Balaban J connectivity index is 3.08. The van der Waals surface area contributed by atoms with Gasteiger partial charge in [-0.1, -0.05) is 33.6 Å². The zero-order valence-corrected chi connectivity index (χ0v) is 12.4. The van der Waals surface area contributed by atoms with Crippen molar-refractivity contribution in [1.82, 2.24) is 0 Å². The number of hydrogen-bond acceptors (Lipinski definition) is 3. The van der Waals surface area contributed by atoms with Crippen LogP contribution in [0, 0.1) is 0 Å². The molecule has 0 saturated carbocycles. The highest BCUT2D eigenvalue weighted by Gasteiger charge is 2.18. The van der Waals surface area contributed by atoms with E-state index < -0.39 is 12.6 Å². The highest BCUT2D eigenvalue weighted by Crippen LogP contribution is 2.33. The molecule has 19 heavy (non-hydrogen) atoms. The molecule has 0 fully saturated rings. The number of halogens is 4. The Labute approximate surface area is 123 Å². The zero-order valence-electron chi connectivity index (χ0n) is 10.1. The third kappa shape index (κ3) is 4.95. The molecule has 0 aliphatic rings. The summed E-state index contributed by atoms with van der Waals surface area (Å²) in [6.07, 6.45) is -0.170. The Morgan fingerprint density at radius 2 is 2.16 bits per heavy atom. The summed E-state index contributed by atoms with van der Waals surface area (Å²) in [7, 11) is 0. The monoisotopic (exact) mass is 356 g/mol. The number of carbonyl (C=O) groups is 1. The molecule has 0 aliphatic heterocycles. The second-order valence-corrected chi connectivity index (χ2v) is 4.53. The topological polar surface area (TPSA) is 35.5 Å². The molecule has 0 unspecified atom stereocenters. The number of carbonyl (C=O) groups excluding carboxylic acids is 1. The molecule has 0 bridgehead atoms. The summed E-state index contributed by atoms with van der Waals surface area (Å²) in [6, 6.07) is 3.08. The van der Waals surface area contributed by atoms with Crippen LogP contribution >= 0.6 is 27.5 Å². The molecule has 0 spiro atoms. The van der Waals surface area contributed by atoms with Gasteiger partial charge in [0.15, 0.2) is 0 Å². The van der Waals surface area contributed by atoms with Crippen molar-refractivity contribution in [2.75, 3.05) is 6.61 Å². The molecular formula is C12H12BrClF2O3. The van der Waals surface area contributed by atoms with Gasteiger partial charge in [-0.25, -0.2) is 0 Å². The van der Waals surface area contributed by atoms with Crippen molar-refractivity contribution < 1.29 is 23.0 Å². The number of hydrogen-bond donors (Lipinski definition) is 0. The number of ether oxygens (including phenoxy) is 2. The summed E-state index contributed by atoms with van der Waals surface area (Å²) < 4.78 is 33.8. The number of alkyl halides is 3. The number of rotatable bonds is 6. The fourth-order valence-corrected chi connectivity index (χ4v) is 2.14. The van der Waals surface area contributed by atoms with E-state index in [0.717, 1.165) is 5.56 Å². The van der Waals surface area contributed by atoms with Crippen LogP contribution in [0.1, 0.15) is 18.1 Å². The van der Waals surface area contributed by atoms with Crippen LogP contribution in [0.4, 0.5) is 8.78 Å². The smallest absolute Gasteiger partial charge is 0.387 e. The van der Waals surface area contributed by atoms with Gasteiger partial charge >= 0.3 is 12.6 Å². The van der Waals surface area contributed by atoms with Crippen LogP contribution in [-0.4, -0.2) is 19.2 Å². The summed E-state index contributed by atoms with van der Waals surface area (Å²) in [6.45, 7) is -1.13. The van der Waals surface area contributed by atoms with Gasteiger partial charge in [0.1, 0.15) is 5.75 Å². The van der Waals surface area contributed by atoms with E-state index in [0.29, 0.717) is 5.33 Å². The molecule has 0 heterocycles. The first-order valence-electron chi connectivity index (χ1n) is 5.45. The molecule has 0 aromatic heterocycles. The van der Waals surface area contributed by atoms with Crippen molar-refractivity contribution in [3.05, 3.63) is 28.3 Å². The average molecular weight is 358 g/mol. The van der Waals surface area contributed by atoms with Crippen molar-refractivity contribution in [2.24, 2.45) is 0 Å². The van der Waals surface area contributed by atoms with E-state index in [-0.39, 0.29) is 29.4 Å². The lowest BCUT2D eigenvalue weighted by atomic mass is 10.1. The number of esters is 1. The third-order valence-electron chi connectivity index (χ3n) is 2.18. The van der Waals surface area contributed by atoms with Gasteiger partial charge in [-0.2, -0.15) is 8.78 Å². The van der Waals surface area contributed by atoms with Crippen LogP contribution in [0.2, 0.25) is 5.02 Å². The van der Waals surface area contributed by atoms with Gasteiger partial charge in [0.25, 0.3) is 0 Å². The minimum absolute atomic E-state index is 0.0385. The van der Waals surface area contributed by atoms with Crippen molar-refractivity contribution in [3.8, 4) is 5.75 Å². The average Bonchev–Trinajstić information content (AvgIpc) is 2.33. The Bertz CT molecular complexity index is 455. The van der Waals surface area contributed by atoms with Crippen molar-refractivity contribution >= 4 is 33.5 Å². The van der Waals surface area contributed by atoms with Crippen molar-refractivity contribution in [3.63, 3.8) is 0 Å². The maximum Gasteiger partial charge on any atom is 0.387 e. The molecule has 106 valence electrons. The summed E-state index contributed by atoms with van der Waals surface area (Å²) >= 11 is 9.12. The van der Waals surface area contributed by atoms with E-state index in [1.165, 1.54) is 6.07 Å². The summed E-state index contributed by atoms with van der Waals surface area (Å²) in [5.74, 6) is -0.709. The van der Waals surface area contributed by atoms with E-state index in [1.54, 1.807) is 13.0 Å². The van der Waals surface area contributed by atoms with Crippen LogP contribution in [0.5, 0.6) is 5.75 Å². The van der Waals surface area contributed by atoms with Crippen LogP contribution in [0.3, 0.4) is 0 Å². The Kier molecular flexibility index (Phi) is 6.51. The van der Waals surface area contributed by atoms with E-state index in [4.69, 9.17) is 16.3 Å². The second kappa shape index (κ2) is 7.65. The Morgan fingerprint density at radius 3 is 2.68 bits per heavy atom. The molecule has 7 heteroatoms. The standard InChI is InChI=1S/C12H12BrClF2O3/c1-2-18-10(17)5-8-3-7(6-13)4-9(14)11(8)19-12(15)16/h3-4,12H,2,5-6H2,1H3. The minimum Gasteiger partial charge on any atom is -0.466 e. The van der Waals surface area contributed by atoms with E-state index in [9.17, 15) is 13.6 Å². The van der Waals surface area contributed by atoms with Crippen LogP contribution in [-0.2, 0) is 21.3 Å². The molecule has 1 rings (SSSR count). The molecule has 0 N–H and O–H groups in total. The molecule has 0 radical (unpaired) electrons. The number of benzene rings is 1. The van der Waals surface area contributed by atoms with Crippen molar-refractivity contribution in [1.29, 1.82) is 0 Å². The van der Waals surface area contributed by atoms with Crippen LogP contribution in [0.15, 0.2) is 12.1 Å². The predicted molar refractivity (Wildman–Crippen MR) is 71.1 cm³/mol. The second-order valence-electron chi connectivity index (χ2n) is 3.56. The van der Waals surface area contributed by atoms with Crippen LogP contribution in [0.25, 0.3) is 0 Å². The molecule has 0 saturated heterocycles. The zero-order chi connectivity index (χ0) is 14.4. The summed E-state index contributed by atoms with van der Waals surface area (Å²) in [4.78, 5) is 11.4. The lowest BCUT2D eigenvalue weighted by Crippen LogP contribution is -2.11. The normalized spacial score (nSPS) is 10.6. The van der Waals surface area contributed by atoms with Gasteiger partial charge < -0.3 is 9.47 Å². The van der Waals surface area contributed by atoms with Gasteiger partial charge in [-0.05, 0) is 18.6 Å². The molecule has 0 aliphatic carbocycles. The van der Waals surface area contributed by atoms with Gasteiger partial charge in [-0.15, -0.1) is 0 Å². The minimum atomic E-state index is -3.01. The van der Waals surface area contributed by atoms with Gasteiger partial charge in [0, 0.05) is 10.9 Å². The van der Waals surface area contributed by atoms with Gasteiger partial charge in [0.05, 0.1) is 18.1 Å². The molecule has 3 nitrogen and oxygen atoms in total. The lowest BCUT2D eigenvalue weighted by molar-refractivity contribution is -0.142. The fourth-order valence-electron chi connectivity index (χ4n) is 1.51. The van der Waals surface area contributed by atoms with Crippen LogP contribution < -0.4 is 4.74 Å². The lowest BCUT2D eigenvalue weighted by Gasteiger charge is -2.13. The highest BCUT2D eigenvalue weighted by atomic mass is 79.9. The first-order chi connectivity index (χ1) is 8.97. The maximum absolute atomic E-state index is 12.3. The van der Waals surface area contributed by atoms with Gasteiger partial charge in [-0.3, -0.25) is 4.79 Å². The van der Waals surface area contributed by atoms with E-state index in [1.807, 2.05) is 0 Å². The highest BCUT2D eigenvalue weighted by molar-refractivity contribution is 9.08. The van der Waals surface area contributed by atoms with Gasteiger partial charge in [0.2, 0.25) is 0 Å². The Morgan fingerprint density at radius 1 is 1.47 bits per heavy atom. The Hall–Kier alpha value is -0.880. The maximum atomic E-state index is 12.3. The largest absolute Gasteiger partial charge is 0.466 e. The first-order valence-corrected chi connectivity index (χ1v) is 6.95. The first kappa shape index (κ1) is 16.2. The third-order valence-corrected chi connectivity index (χ3v) is 3.11. The van der Waals surface area contributed by atoms with E-state index >= 15 is 0 Å². The molecule has 1 aromatic carbocycles. The summed E-state index contributed by atoms with van der Waals surface area (Å²) in [5.41, 5.74) is 1.03. The molecule has 1 aromatic rings. The summed E-state index contributed by atoms with van der Waals surface area (Å²) in [5, 5.41) is 0.522.